The molecule has 0 saturated carbocycles. The zero-order valence-electron chi connectivity index (χ0n) is 14.9. The molecule has 3 aromatic heterocycles. The van der Waals surface area contributed by atoms with Crippen LogP contribution in [0, 0.1) is 0 Å². The van der Waals surface area contributed by atoms with Gasteiger partial charge in [-0.3, -0.25) is 4.98 Å². The molecule has 1 aromatic carbocycles. The summed E-state index contributed by atoms with van der Waals surface area (Å²) in [6.45, 7) is 0. The highest BCUT2D eigenvalue weighted by Gasteiger charge is 2.41. The molecule has 0 amide bonds. The Bertz CT molecular complexity index is 1230. The lowest BCUT2D eigenvalue weighted by Gasteiger charge is -2.05. The standard InChI is InChI=1S/C19H8ClF6N3O2/c20-12-4-2-1-3-10(12)14-7-11(15(30-14)19(24,25)26)17-28-16(29-31-17)13-6-5-9(8-27-13)18(21,22)23/h1-8H. The number of nitrogens with zero attached hydrogens (tertiary/aromatic N) is 3. The molecule has 0 radical (unpaired) electrons. The van der Waals surface area contributed by atoms with Crippen LogP contribution in [0.4, 0.5) is 26.3 Å². The minimum Gasteiger partial charge on any atom is -0.451 e. The zero-order valence-corrected chi connectivity index (χ0v) is 15.7. The molecule has 0 N–H and O–H groups in total. The topological polar surface area (TPSA) is 65.0 Å². The number of furan rings is 1. The first-order valence-corrected chi connectivity index (χ1v) is 8.75. The summed E-state index contributed by atoms with van der Waals surface area (Å²) in [6.07, 6.45) is -8.93. The highest BCUT2D eigenvalue weighted by molar-refractivity contribution is 6.33. The van der Waals surface area contributed by atoms with Gasteiger partial charge in [0.2, 0.25) is 11.6 Å². The first kappa shape index (κ1) is 20.9. The molecule has 0 aliphatic heterocycles. The average Bonchev–Trinajstić information content (AvgIpc) is 3.35. The minimum atomic E-state index is -4.89. The van der Waals surface area contributed by atoms with E-state index in [1.54, 1.807) is 12.1 Å². The van der Waals surface area contributed by atoms with Crippen molar-refractivity contribution in [1.82, 2.24) is 15.1 Å². The third-order valence-electron chi connectivity index (χ3n) is 4.11. The fourth-order valence-electron chi connectivity index (χ4n) is 2.68. The summed E-state index contributed by atoms with van der Waals surface area (Å²) in [4.78, 5) is 7.42. The largest absolute Gasteiger partial charge is 0.451 e. The molecule has 0 aliphatic carbocycles. The molecule has 0 fully saturated rings. The molecule has 160 valence electrons. The van der Waals surface area contributed by atoms with Crippen molar-refractivity contribution in [3.63, 3.8) is 0 Å². The van der Waals surface area contributed by atoms with E-state index in [1.165, 1.54) is 12.1 Å². The Morgan fingerprint density at radius 2 is 1.61 bits per heavy atom. The van der Waals surface area contributed by atoms with Crippen LogP contribution in [-0.4, -0.2) is 15.1 Å². The van der Waals surface area contributed by atoms with E-state index in [-0.39, 0.29) is 27.9 Å². The van der Waals surface area contributed by atoms with Gasteiger partial charge in [0, 0.05) is 11.8 Å². The Labute approximate surface area is 174 Å². The van der Waals surface area contributed by atoms with E-state index in [4.69, 9.17) is 20.5 Å². The van der Waals surface area contributed by atoms with Crippen molar-refractivity contribution in [1.29, 1.82) is 0 Å². The summed E-state index contributed by atoms with van der Waals surface area (Å²) in [5, 5.41) is 3.68. The number of pyridine rings is 1. The lowest BCUT2D eigenvalue weighted by atomic mass is 10.1. The van der Waals surface area contributed by atoms with Gasteiger partial charge in [0.25, 0.3) is 5.89 Å². The zero-order chi connectivity index (χ0) is 22.4. The first-order valence-electron chi connectivity index (χ1n) is 8.37. The Kier molecular flexibility index (Phi) is 5.00. The Morgan fingerprint density at radius 3 is 2.23 bits per heavy atom. The minimum absolute atomic E-state index is 0.119. The van der Waals surface area contributed by atoms with E-state index in [0.717, 1.165) is 18.2 Å². The smallest absolute Gasteiger partial charge is 0.450 e. The van der Waals surface area contributed by atoms with Crippen molar-refractivity contribution in [2.45, 2.75) is 12.4 Å². The summed E-state index contributed by atoms with van der Waals surface area (Å²) < 4.78 is 88.4. The lowest BCUT2D eigenvalue weighted by Crippen LogP contribution is -2.05. The Hall–Kier alpha value is -3.34. The predicted molar refractivity (Wildman–Crippen MR) is 95.7 cm³/mol. The fraction of sp³-hybridized carbons (Fsp3) is 0.105. The highest BCUT2D eigenvalue weighted by Crippen LogP contribution is 2.43. The van der Waals surface area contributed by atoms with E-state index in [9.17, 15) is 26.3 Å². The lowest BCUT2D eigenvalue weighted by molar-refractivity contribution is -0.152. The second-order valence-electron chi connectivity index (χ2n) is 6.18. The summed E-state index contributed by atoms with van der Waals surface area (Å²) in [7, 11) is 0. The van der Waals surface area contributed by atoms with Gasteiger partial charge >= 0.3 is 12.4 Å². The van der Waals surface area contributed by atoms with Crippen molar-refractivity contribution in [3.8, 4) is 34.3 Å². The van der Waals surface area contributed by atoms with E-state index in [1.807, 2.05) is 0 Å². The molecular formula is C19H8ClF6N3O2. The van der Waals surface area contributed by atoms with E-state index in [2.05, 4.69) is 15.1 Å². The first-order chi connectivity index (χ1) is 14.5. The second-order valence-corrected chi connectivity index (χ2v) is 6.59. The van der Waals surface area contributed by atoms with Crippen LogP contribution in [0.25, 0.3) is 34.3 Å². The van der Waals surface area contributed by atoms with Crippen LogP contribution in [0.1, 0.15) is 11.3 Å². The van der Waals surface area contributed by atoms with Gasteiger partial charge in [-0.05, 0) is 30.3 Å². The van der Waals surface area contributed by atoms with Crippen LogP contribution in [0.2, 0.25) is 5.02 Å². The van der Waals surface area contributed by atoms with Crippen molar-refractivity contribution >= 4 is 11.6 Å². The van der Waals surface area contributed by atoms with Gasteiger partial charge in [-0.1, -0.05) is 28.9 Å². The monoisotopic (exact) mass is 459 g/mol. The fourth-order valence-corrected chi connectivity index (χ4v) is 2.91. The van der Waals surface area contributed by atoms with Gasteiger partial charge in [-0.25, -0.2) is 0 Å². The number of alkyl halides is 6. The molecule has 0 aliphatic rings. The molecule has 0 saturated heterocycles. The number of hydrogen-bond donors (Lipinski definition) is 0. The summed E-state index contributed by atoms with van der Waals surface area (Å²) in [6, 6.07) is 8.88. The van der Waals surface area contributed by atoms with Crippen LogP contribution in [0.5, 0.6) is 0 Å². The maximum Gasteiger partial charge on any atom is 0.450 e. The van der Waals surface area contributed by atoms with Gasteiger partial charge in [0.05, 0.1) is 16.1 Å². The van der Waals surface area contributed by atoms with Crippen LogP contribution in [0.3, 0.4) is 0 Å². The maximum atomic E-state index is 13.5. The van der Waals surface area contributed by atoms with E-state index >= 15 is 0 Å². The molecular weight excluding hydrogens is 452 g/mol. The van der Waals surface area contributed by atoms with Crippen molar-refractivity contribution < 1.29 is 35.3 Å². The number of aromatic nitrogens is 3. The number of halogens is 7. The summed E-state index contributed by atoms with van der Waals surface area (Å²) in [5.41, 5.74) is -1.46. The van der Waals surface area contributed by atoms with Gasteiger partial charge in [0.15, 0.2) is 0 Å². The molecule has 0 unspecified atom stereocenters. The van der Waals surface area contributed by atoms with Gasteiger partial charge in [0.1, 0.15) is 11.5 Å². The molecule has 31 heavy (non-hydrogen) atoms. The molecule has 0 atom stereocenters. The normalized spacial score (nSPS) is 12.4. The maximum absolute atomic E-state index is 13.5. The SMILES string of the molecule is FC(F)(F)c1ccc(-c2noc(-c3cc(-c4ccccc4Cl)oc3C(F)(F)F)n2)nc1. The van der Waals surface area contributed by atoms with Gasteiger partial charge in [-0.15, -0.1) is 0 Å². The van der Waals surface area contributed by atoms with Crippen LogP contribution < -0.4 is 0 Å². The van der Waals surface area contributed by atoms with Gasteiger partial charge < -0.3 is 8.94 Å². The molecule has 4 rings (SSSR count). The summed E-state index contributed by atoms with van der Waals surface area (Å²) in [5.74, 6) is -2.42. The van der Waals surface area contributed by atoms with Crippen molar-refractivity contribution in [2.75, 3.05) is 0 Å². The van der Waals surface area contributed by atoms with Crippen LogP contribution >= 0.6 is 11.6 Å². The second kappa shape index (κ2) is 7.41. The summed E-state index contributed by atoms with van der Waals surface area (Å²) >= 11 is 6.03. The average molecular weight is 460 g/mol. The Balaban J connectivity index is 1.75. The molecule has 3 heterocycles. The Morgan fingerprint density at radius 1 is 0.871 bits per heavy atom. The molecule has 12 heteroatoms. The number of hydrogen-bond acceptors (Lipinski definition) is 5. The van der Waals surface area contributed by atoms with Crippen LogP contribution in [-0.2, 0) is 12.4 Å². The van der Waals surface area contributed by atoms with E-state index in [0.29, 0.717) is 6.20 Å². The molecule has 5 nitrogen and oxygen atoms in total. The van der Waals surface area contributed by atoms with Crippen molar-refractivity contribution in [3.05, 3.63) is 65.0 Å². The van der Waals surface area contributed by atoms with Crippen molar-refractivity contribution in [2.24, 2.45) is 0 Å². The van der Waals surface area contributed by atoms with Gasteiger partial charge in [-0.2, -0.15) is 31.3 Å². The van der Waals surface area contributed by atoms with Crippen LogP contribution in [0.15, 0.2) is 57.6 Å². The number of rotatable bonds is 3. The predicted octanol–water partition coefficient (Wildman–Crippen LogP) is 6.75. The quantitative estimate of drug-likeness (QED) is 0.317. The van der Waals surface area contributed by atoms with E-state index < -0.39 is 35.1 Å². The molecule has 0 bridgehead atoms. The third kappa shape index (κ3) is 4.13. The molecule has 4 aromatic rings. The highest BCUT2D eigenvalue weighted by atomic mass is 35.5. The molecule has 0 spiro atoms. The number of benzene rings is 1. The third-order valence-corrected chi connectivity index (χ3v) is 4.43.